The second kappa shape index (κ2) is 3.05. The second-order valence-corrected chi connectivity index (χ2v) is 3.49. The molecule has 0 amide bonds. The minimum atomic E-state index is -0.560. The molecule has 68 valence electrons. The summed E-state index contributed by atoms with van der Waals surface area (Å²) in [5.41, 5.74) is 6.64. The minimum absolute atomic E-state index is 0.374. The maximum atomic E-state index is 11.2. The molecule has 0 aliphatic carbocycles. The Morgan fingerprint density at radius 1 is 1.38 bits per heavy atom. The molecule has 1 aromatic carbocycles. The van der Waals surface area contributed by atoms with E-state index in [1.165, 1.54) is 0 Å². The third-order valence-corrected chi connectivity index (χ3v) is 2.60. The van der Waals surface area contributed by atoms with Gasteiger partial charge in [0.05, 0.1) is 6.04 Å². The van der Waals surface area contributed by atoms with Crippen molar-refractivity contribution in [2.75, 3.05) is 0 Å². The lowest BCUT2D eigenvalue weighted by Crippen LogP contribution is -2.36. The van der Waals surface area contributed by atoms with Gasteiger partial charge in [0.25, 0.3) is 0 Å². The highest BCUT2D eigenvalue weighted by atomic mass is 32.1. The highest BCUT2D eigenvalue weighted by Gasteiger charge is 2.32. The molecule has 0 aromatic heterocycles. The Hall–Kier alpha value is -1.000. The van der Waals surface area contributed by atoms with Crippen LogP contribution in [-0.2, 0) is 4.79 Å². The Morgan fingerprint density at radius 2 is 2.08 bits per heavy atom. The van der Waals surface area contributed by atoms with Gasteiger partial charge in [0, 0.05) is 5.56 Å². The van der Waals surface area contributed by atoms with Crippen molar-refractivity contribution in [1.82, 2.24) is 0 Å². The Labute approximate surface area is 81.3 Å². The van der Waals surface area contributed by atoms with Gasteiger partial charge in [0.2, 0.25) is 0 Å². The molecule has 4 heteroatoms. The van der Waals surface area contributed by atoms with Crippen molar-refractivity contribution < 1.29 is 9.53 Å². The first-order valence-electron chi connectivity index (χ1n) is 3.94. The number of nitrogens with two attached hydrogens (primary N) is 1. The van der Waals surface area contributed by atoms with Gasteiger partial charge in [0.15, 0.2) is 0 Å². The first kappa shape index (κ1) is 8.59. The SMILES string of the molecule is NC1c2ccccc2OC(=O)C1S. The zero-order valence-electron chi connectivity index (χ0n) is 6.81. The summed E-state index contributed by atoms with van der Waals surface area (Å²) in [7, 11) is 0. The van der Waals surface area contributed by atoms with E-state index in [0.29, 0.717) is 5.75 Å². The van der Waals surface area contributed by atoms with Crippen LogP contribution in [0.5, 0.6) is 5.75 Å². The Kier molecular flexibility index (Phi) is 2.01. The monoisotopic (exact) mass is 195 g/mol. The van der Waals surface area contributed by atoms with Crippen LogP contribution < -0.4 is 10.5 Å². The molecule has 0 radical (unpaired) electrons. The van der Waals surface area contributed by atoms with Gasteiger partial charge in [-0.2, -0.15) is 12.6 Å². The standard InChI is InChI=1S/C9H9NO2S/c10-7-5-3-1-2-4-6(5)12-9(11)8(7)13/h1-4,7-8,13H,10H2. The number of para-hydroxylation sites is 1. The van der Waals surface area contributed by atoms with Crippen molar-refractivity contribution in [3.05, 3.63) is 29.8 Å². The van der Waals surface area contributed by atoms with Crippen LogP contribution >= 0.6 is 12.6 Å². The van der Waals surface area contributed by atoms with Gasteiger partial charge in [-0.05, 0) is 6.07 Å². The normalized spacial score (nSPS) is 26.5. The highest BCUT2D eigenvalue weighted by Crippen LogP contribution is 2.32. The molecule has 0 fully saturated rings. The summed E-state index contributed by atoms with van der Waals surface area (Å²) < 4.78 is 5.02. The lowest BCUT2D eigenvalue weighted by molar-refractivity contribution is -0.135. The van der Waals surface area contributed by atoms with Crippen LogP contribution in [0, 0.1) is 0 Å². The van der Waals surface area contributed by atoms with Crippen LogP contribution in [0.3, 0.4) is 0 Å². The Balaban J connectivity index is 2.49. The van der Waals surface area contributed by atoms with E-state index < -0.39 is 5.25 Å². The molecule has 2 rings (SSSR count). The van der Waals surface area contributed by atoms with E-state index in [4.69, 9.17) is 10.5 Å². The molecule has 0 bridgehead atoms. The fraction of sp³-hybridized carbons (Fsp3) is 0.222. The lowest BCUT2D eigenvalue weighted by atomic mass is 10.0. The predicted molar refractivity (Wildman–Crippen MR) is 51.8 cm³/mol. The zero-order chi connectivity index (χ0) is 9.42. The number of esters is 1. The summed E-state index contributed by atoms with van der Waals surface area (Å²) in [6.45, 7) is 0. The molecule has 0 spiro atoms. The van der Waals surface area contributed by atoms with E-state index in [9.17, 15) is 4.79 Å². The lowest BCUT2D eigenvalue weighted by Gasteiger charge is -2.25. The molecule has 2 unspecified atom stereocenters. The first-order valence-corrected chi connectivity index (χ1v) is 4.46. The van der Waals surface area contributed by atoms with Crippen molar-refractivity contribution in [1.29, 1.82) is 0 Å². The molecule has 1 aliphatic rings. The number of benzene rings is 1. The van der Waals surface area contributed by atoms with E-state index in [1.807, 2.05) is 12.1 Å². The number of carbonyl (C=O) groups is 1. The van der Waals surface area contributed by atoms with Crippen molar-refractivity contribution in [3.63, 3.8) is 0 Å². The van der Waals surface area contributed by atoms with Crippen LogP contribution in [0.2, 0.25) is 0 Å². The maximum absolute atomic E-state index is 11.2. The smallest absolute Gasteiger partial charge is 0.326 e. The molecule has 1 aliphatic heterocycles. The number of carbonyl (C=O) groups excluding carboxylic acids is 1. The third-order valence-electron chi connectivity index (χ3n) is 2.07. The summed E-state index contributed by atoms with van der Waals surface area (Å²) in [4.78, 5) is 11.2. The van der Waals surface area contributed by atoms with Crippen molar-refractivity contribution >= 4 is 18.6 Å². The molecule has 2 N–H and O–H groups in total. The molecule has 1 heterocycles. The third kappa shape index (κ3) is 1.32. The molecule has 1 aromatic rings. The number of hydrogen-bond donors (Lipinski definition) is 2. The van der Waals surface area contributed by atoms with Crippen LogP contribution in [0.4, 0.5) is 0 Å². The summed E-state index contributed by atoms with van der Waals surface area (Å²) in [6.07, 6.45) is 0. The average molecular weight is 195 g/mol. The van der Waals surface area contributed by atoms with E-state index in [0.717, 1.165) is 5.56 Å². The van der Waals surface area contributed by atoms with Gasteiger partial charge >= 0.3 is 5.97 Å². The van der Waals surface area contributed by atoms with Gasteiger partial charge in [-0.1, -0.05) is 18.2 Å². The summed E-state index contributed by atoms with van der Waals surface area (Å²) in [5, 5.41) is -0.560. The largest absolute Gasteiger partial charge is 0.425 e. The van der Waals surface area contributed by atoms with Gasteiger partial charge < -0.3 is 10.5 Å². The number of hydrogen-bond acceptors (Lipinski definition) is 4. The van der Waals surface area contributed by atoms with Gasteiger partial charge in [-0.3, -0.25) is 4.79 Å². The number of ether oxygens (including phenoxy) is 1. The summed E-state index contributed by atoms with van der Waals surface area (Å²) in [5.74, 6) is 0.167. The quantitative estimate of drug-likeness (QED) is 0.367. The Bertz CT molecular complexity index is 353. The summed E-state index contributed by atoms with van der Waals surface area (Å²) >= 11 is 4.08. The van der Waals surface area contributed by atoms with Crippen molar-refractivity contribution in [3.8, 4) is 5.75 Å². The molecular formula is C9H9NO2S. The average Bonchev–Trinajstić information content (AvgIpc) is 2.15. The van der Waals surface area contributed by atoms with E-state index in [1.54, 1.807) is 12.1 Å². The number of thiol groups is 1. The van der Waals surface area contributed by atoms with Crippen LogP contribution in [0.25, 0.3) is 0 Å². The second-order valence-electron chi connectivity index (χ2n) is 2.93. The predicted octanol–water partition coefficient (Wildman–Crippen LogP) is 0.904. The molecule has 3 nitrogen and oxygen atoms in total. The summed E-state index contributed by atoms with van der Waals surface area (Å²) in [6, 6.07) is 6.86. The maximum Gasteiger partial charge on any atom is 0.326 e. The van der Waals surface area contributed by atoms with E-state index in [-0.39, 0.29) is 12.0 Å². The van der Waals surface area contributed by atoms with E-state index >= 15 is 0 Å². The topological polar surface area (TPSA) is 52.3 Å². The molecule has 2 atom stereocenters. The van der Waals surface area contributed by atoms with Gasteiger partial charge in [0.1, 0.15) is 11.0 Å². The van der Waals surface area contributed by atoms with Crippen LogP contribution in [0.15, 0.2) is 24.3 Å². The van der Waals surface area contributed by atoms with Gasteiger partial charge in [-0.15, -0.1) is 0 Å². The molecule has 0 saturated heterocycles. The zero-order valence-corrected chi connectivity index (χ0v) is 7.70. The Morgan fingerprint density at radius 3 is 2.85 bits per heavy atom. The fourth-order valence-corrected chi connectivity index (χ4v) is 1.55. The number of fused-ring (bicyclic) bond motifs is 1. The van der Waals surface area contributed by atoms with Gasteiger partial charge in [-0.25, -0.2) is 0 Å². The molecule has 0 saturated carbocycles. The number of rotatable bonds is 0. The minimum Gasteiger partial charge on any atom is -0.425 e. The molecule has 13 heavy (non-hydrogen) atoms. The fourth-order valence-electron chi connectivity index (χ4n) is 1.33. The van der Waals surface area contributed by atoms with Crippen LogP contribution in [0.1, 0.15) is 11.6 Å². The molecular weight excluding hydrogens is 186 g/mol. The van der Waals surface area contributed by atoms with Crippen LogP contribution in [-0.4, -0.2) is 11.2 Å². The highest BCUT2D eigenvalue weighted by molar-refractivity contribution is 7.81. The van der Waals surface area contributed by atoms with E-state index in [2.05, 4.69) is 12.6 Å². The van der Waals surface area contributed by atoms with Crippen molar-refractivity contribution in [2.24, 2.45) is 5.73 Å². The van der Waals surface area contributed by atoms with Crippen molar-refractivity contribution in [2.45, 2.75) is 11.3 Å². The first-order chi connectivity index (χ1) is 6.20.